The van der Waals surface area contributed by atoms with Crippen molar-refractivity contribution in [3.05, 3.63) is 40.7 Å². The molecule has 0 aliphatic carbocycles. The molecule has 0 saturated carbocycles. The van der Waals surface area contributed by atoms with Gasteiger partial charge in [-0.1, -0.05) is 17.7 Å². The molecular weight excluding hydrogens is 252 g/mol. The fourth-order valence-corrected chi connectivity index (χ4v) is 2.02. The molecule has 1 unspecified atom stereocenters. The summed E-state index contributed by atoms with van der Waals surface area (Å²) in [5.41, 5.74) is 2.20. The van der Waals surface area contributed by atoms with Crippen molar-refractivity contribution in [2.45, 2.75) is 20.0 Å². The second-order valence-electron chi connectivity index (χ2n) is 4.08. The SMILES string of the molecule is COc1cccc(-n2cc(Cl)c(C)n2)c1C(C)O. The maximum absolute atomic E-state index is 9.90. The van der Waals surface area contributed by atoms with Crippen molar-refractivity contribution in [3.8, 4) is 11.4 Å². The standard InChI is InChI=1S/C13H15ClN2O2/c1-8-10(14)7-16(15-8)11-5-4-6-12(18-3)13(11)9(2)17/h4-7,9,17H,1-3H3. The molecule has 1 heterocycles. The van der Waals surface area contributed by atoms with E-state index in [0.717, 1.165) is 11.4 Å². The minimum Gasteiger partial charge on any atom is -0.496 e. The summed E-state index contributed by atoms with van der Waals surface area (Å²) in [6, 6.07) is 5.53. The van der Waals surface area contributed by atoms with Crippen LogP contribution in [-0.2, 0) is 0 Å². The summed E-state index contributed by atoms with van der Waals surface area (Å²) in [5, 5.41) is 14.8. The molecule has 0 fully saturated rings. The summed E-state index contributed by atoms with van der Waals surface area (Å²) in [5.74, 6) is 0.631. The van der Waals surface area contributed by atoms with Gasteiger partial charge in [0, 0.05) is 11.8 Å². The first kappa shape index (κ1) is 12.9. The molecule has 0 saturated heterocycles. The number of methoxy groups -OCH3 is 1. The van der Waals surface area contributed by atoms with Gasteiger partial charge in [-0.3, -0.25) is 0 Å². The molecule has 0 amide bonds. The van der Waals surface area contributed by atoms with E-state index in [4.69, 9.17) is 16.3 Å². The summed E-state index contributed by atoms with van der Waals surface area (Å²) in [6.07, 6.45) is 1.07. The number of benzene rings is 1. The van der Waals surface area contributed by atoms with Crippen LogP contribution in [0.15, 0.2) is 24.4 Å². The number of aryl methyl sites for hydroxylation is 1. The molecule has 0 aliphatic heterocycles. The van der Waals surface area contributed by atoms with Crippen molar-refractivity contribution in [3.63, 3.8) is 0 Å². The Morgan fingerprint density at radius 2 is 2.17 bits per heavy atom. The highest BCUT2D eigenvalue weighted by Crippen LogP contribution is 2.31. The highest BCUT2D eigenvalue weighted by molar-refractivity contribution is 6.31. The highest BCUT2D eigenvalue weighted by atomic mass is 35.5. The molecule has 1 aromatic heterocycles. The van der Waals surface area contributed by atoms with Crippen LogP contribution in [0.2, 0.25) is 5.02 Å². The molecule has 1 N–H and O–H groups in total. The predicted octanol–water partition coefficient (Wildman–Crippen LogP) is 2.90. The van der Waals surface area contributed by atoms with Gasteiger partial charge in [-0.15, -0.1) is 0 Å². The molecule has 0 spiro atoms. The third-order valence-corrected chi connectivity index (χ3v) is 3.14. The van der Waals surface area contributed by atoms with E-state index < -0.39 is 6.10 Å². The normalized spacial score (nSPS) is 12.5. The van der Waals surface area contributed by atoms with Crippen LogP contribution in [0.4, 0.5) is 0 Å². The monoisotopic (exact) mass is 266 g/mol. The maximum atomic E-state index is 9.90. The Hall–Kier alpha value is -1.52. The molecule has 0 radical (unpaired) electrons. The molecule has 2 rings (SSSR count). The van der Waals surface area contributed by atoms with E-state index in [1.165, 1.54) is 0 Å². The number of ether oxygens (including phenoxy) is 1. The lowest BCUT2D eigenvalue weighted by molar-refractivity contribution is 0.194. The Labute approximate surface area is 111 Å². The van der Waals surface area contributed by atoms with Crippen LogP contribution < -0.4 is 4.74 Å². The van der Waals surface area contributed by atoms with Gasteiger partial charge in [0.25, 0.3) is 0 Å². The Kier molecular flexibility index (Phi) is 3.59. The summed E-state index contributed by atoms with van der Waals surface area (Å²) in [4.78, 5) is 0. The number of nitrogens with zero attached hydrogens (tertiary/aromatic N) is 2. The van der Waals surface area contributed by atoms with Crippen LogP contribution in [0.1, 0.15) is 24.3 Å². The number of aromatic nitrogens is 2. The van der Waals surface area contributed by atoms with Gasteiger partial charge in [0.15, 0.2) is 0 Å². The summed E-state index contributed by atoms with van der Waals surface area (Å²) < 4.78 is 6.93. The Morgan fingerprint density at radius 1 is 1.44 bits per heavy atom. The van der Waals surface area contributed by atoms with Crippen molar-refractivity contribution in [2.75, 3.05) is 7.11 Å². The van der Waals surface area contributed by atoms with Crippen LogP contribution in [-0.4, -0.2) is 22.0 Å². The van der Waals surface area contributed by atoms with E-state index >= 15 is 0 Å². The van der Waals surface area contributed by atoms with Crippen LogP contribution in [0.5, 0.6) is 5.75 Å². The summed E-state index contributed by atoms with van der Waals surface area (Å²) >= 11 is 6.01. The van der Waals surface area contributed by atoms with Gasteiger partial charge in [-0.05, 0) is 26.0 Å². The number of hydrogen-bond donors (Lipinski definition) is 1. The van der Waals surface area contributed by atoms with Crippen LogP contribution in [0, 0.1) is 6.92 Å². The van der Waals surface area contributed by atoms with Gasteiger partial charge in [-0.25, -0.2) is 4.68 Å². The van der Waals surface area contributed by atoms with Crippen molar-refractivity contribution in [1.29, 1.82) is 0 Å². The van der Waals surface area contributed by atoms with Gasteiger partial charge in [0.05, 0.1) is 29.6 Å². The lowest BCUT2D eigenvalue weighted by Gasteiger charge is -2.15. The average molecular weight is 267 g/mol. The van der Waals surface area contributed by atoms with Crippen LogP contribution in [0.25, 0.3) is 5.69 Å². The Balaban J connectivity index is 2.63. The molecule has 0 bridgehead atoms. The third kappa shape index (κ3) is 2.21. The van der Waals surface area contributed by atoms with Crippen molar-refractivity contribution >= 4 is 11.6 Å². The first-order chi connectivity index (χ1) is 8.54. The summed E-state index contributed by atoms with van der Waals surface area (Å²) in [7, 11) is 1.58. The second kappa shape index (κ2) is 5.00. The van der Waals surface area contributed by atoms with Crippen LogP contribution >= 0.6 is 11.6 Å². The minimum absolute atomic E-state index is 0.592. The van der Waals surface area contributed by atoms with E-state index in [-0.39, 0.29) is 0 Å². The molecule has 2 aromatic rings. The Bertz CT molecular complexity index is 545. The molecule has 4 nitrogen and oxygen atoms in total. The van der Waals surface area contributed by atoms with Gasteiger partial charge in [-0.2, -0.15) is 5.10 Å². The maximum Gasteiger partial charge on any atom is 0.126 e. The lowest BCUT2D eigenvalue weighted by Crippen LogP contribution is -2.05. The van der Waals surface area contributed by atoms with E-state index in [1.54, 1.807) is 24.9 Å². The topological polar surface area (TPSA) is 47.3 Å². The first-order valence-electron chi connectivity index (χ1n) is 5.61. The fraction of sp³-hybridized carbons (Fsp3) is 0.308. The van der Waals surface area contributed by atoms with Gasteiger partial charge >= 0.3 is 0 Å². The fourth-order valence-electron chi connectivity index (χ4n) is 1.89. The van der Waals surface area contributed by atoms with E-state index in [9.17, 15) is 5.11 Å². The minimum atomic E-state index is -0.653. The second-order valence-corrected chi connectivity index (χ2v) is 4.48. The van der Waals surface area contributed by atoms with Gasteiger partial charge < -0.3 is 9.84 Å². The van der Waals surface area contributed by atoms with E-state index in [2.05, 4.69) is 5.10 Å². The number of hydrogen-bond acceptors (Lipinski definition) is 3. The van der Waals surface area contributed by atoms with E-state index in [1.807, 2.05) is 25.1 Å². The van der Waals surface area contributed by atoms with Crippen LogP contribution in [0.3, 0.4) is 0 Å². The molecular formula is C13H15ClN2O2. The van der Waals surface area contributed by atoms with Crippen molar-refractivity contribution in [2.24, 2.45) is 0 Å². The quantitative estimate of drug-likeness (QED) is 0.929. The third-order valence-electron chi connectivity index (χ3n) is 2.77. The molecule has 96 valence electrons. The number of aliphatic hydroxyl groups excluding tert-OH is 1. The highest BCUT2D eigenvalue weighted by Gasteiger charge is 2.16. The Morgan fingerprint density at radius 3 is 2.67 bits per heavy atom. The number of aliphatic hydroxyl groups is 1. The molecule has 1 atom stereocenters. The zero-order valence-corrected chi connectivity index (χ0v) is 11.3. The predicted molar refractivity (Wildman–Crippen MR) is 70.5 cm³/mol. The summed E-state index contributed by atoms with van der Waals surface area (Å²) in [6.45, 7) is 3.53. The van der Waals surface area contributed by atoms with Crippen molar-refractivity contribution in [1.82, 2.24) is 9.78 Å². The number of rotatable bonds is 3. The van der Waals surface area contributed by atoms with Crippen molar-refractivity contribution < 1.29 is 9.84 Å². The largest absolute Gasteiger partial charge is 0.496 e. The average Bonchev–Trinajstić information content (AvgIpc) is 2.68. The number of halogens is 1. The smallest absolute Gasteiger partial charge is 0.126 e. The molecule has 0 aliphatic rings. The van der Waals surface area contributed by atoms with Gasteiger partial charge in [0.1, 0.15) is 5.75 Å². The molecule has 5 heteroatoms. The zero-order valence-electron chi connectivity index (χ0n) is 10.5. The lowest BCUT2D eigenvalue weighted by atomic mass is 10.1. The van der Waals surface area contributed by atoms with Gasteiger partial charge in [0.2, 0.25) is 0 Å². The first-order valence-corrected chi connectivity index (χ1v) is 5.99. The molecule has 18 heavy (non-hydrogen) atoms. The van der Waals surface area contributed by atoms with E-state index in [0.29, 0.717) is 16.3 Å². The molecule has 1 aromatic carbocycles. The zero-order chi connectivity index (χ0) is 13.3.